The number of aliphatic hydroxyl groups excluding tert-OH is 3. The average molecular weight is 425 g/mol. The SMILES string of the molecule is O=C(O)CCCC=CC[C@@H]1[C@@H](/C=C/[C@@H](O)COc2cccc(Cl)c2)[C@H](O)C[C@@H]1O. The number of unbranched alkanes of at least 4 members (excludes halogenated alkanes) is 1. The molecule has 29 heavy (non-hydrogen) atoms. The van der Waals surface area contributed by atoms with Crippen LogP contribution in [-0.2, 0) is 4.79 Å². The second kappa shape index (κ2) is 12.0. The molecule has 0 amide bonds. The van der Waals surface area contributed by atoms with Crippen LogP contribution in [-0.4, -0.2) is 51.3 Å². The Bertz CT molecular complexity index is 704. The summed E-state index contributed by atoms with van der Waals surface area (Å²) < 4.78 is 5.51. The van der Waals surface area contributed by atoms with E-state index >= 15 is 0 Å². The number of ether oxygens (including phenoxy) is 1. The summed E-state index contributed by atoms with van der Waals surface area (Å²) in [5, 5.41) is 39.8. The van der Waals surface area contributed by atoms with Gasteiger partial charge in [-0.25, -0.2) is 0 Å². The molecule has 0 saturated heterocycles. The van der Waals surface area contributed by atoms with Crippen molar-refractivity contribution in [2.75, 3.05) is 6.61 Å². The van der Waals surface area contributed by atoms with E-state index in [1.54, 1.807) is 36.4 Å². The second-order valence-electron chi connectivity index (χ2n) is 7.33. The van der Waals surface area contributed by atoms with Crippen LogP contribution in [0, 0.1) is 11.8 Å². The van der Waals surface area contributed by atoms with Crippen molar-refractivity contribution in [3.63, 3.8) is 0 Å². The number of carboxylic acids is 1. The van der Waals surface area contributed by atoms with Gasteiger partial charge >= 0.3 is 5.97 Å². The maximum absolute atomic E-state index is 10.5. The monoisotopic (exact) mass is 424 g/mol. The molecule has 2 rings (SSSR count). The molecule has 160 valence electrons. The molecule has 5 atom stereocenters. The van der Waals surface area contributed by atoms with E-state index in [0.717, 1.165) is 0 Å². The van der Waals surface area contributed by atoms with E-state index in [-0.39, 0.29) is 24.9 Å². The van der Waals surface area contributed by atoms with Gasteiger partial charge in [0.15, 0.2) is 0 Å². The normalized spacial score (nSPS) is 25.7. The zero-order valence-corrected chi connectivity index (χ0v) is 17.0. The molecule has 1 saturated carbocycles. The average Bonchev–Trinajstić information content (AvgIpc) is 2.93. The lowest BCUT2D eigenvalue weighted by Crippen LogP contribution is -2.21. The Morgan fingerprint density at radius 3 is 2.79 bits per heavy atom. The summed E-state index contributed by atoms with van der Waals surface area (Å²) in [6.07, 6.45) is 7.26. The van der Waals surface area contributed by atoms with Crippen molar-refractivity contribution < 1.29 is 30.0 Å². The predicted octanol–water partition coefficient (Wildman–Crippen LogP) is 3.20. The van der Waals surface area contributed by atoms with E-state index < -0.39 is 24.3 Å². The highest BCUT2D eigenvalue weighted by molar-refractivity contribution is 6.30. The molecule has 1 aromatic rings. The molecular weight excluding hydrogens is 396 g/mol. The van der Waals surface area contributed by atoms with Crippen LogP contribution in [0.4, 0.5) is 0 Å². The minimum Gasteiger partial charge on any atom is -0.491 e. The molecule has 1 fully saturated rings. The van der Waals surface area contributed by atoms with Gasteiger partial charge in [0.1, 0.15) is 18.5 Å². The first kappa shape index (κ1) is 23.4. The molecule has 1 aromatic carbocycles. The summed E-state index contributed by atoms with van der Waals surface area (Å²) in [7, 11) is 0. The minimum atomic E-state index is -0.855. The van der Waals surface area contributed by atoms with Crippen LogP contribution >= 0.6 is 11.6 Å². The number of rotatable bonds is 11. The molecule has 0 spiro atoms. The maximum atomic E-state index is 10.5. The highest BCUT2D eigenvalue weighted by Crippen LogP contribution is 2.36. The zero-order valence-electron chi connectivity index (χ0n) is 16.2. The van der Waals surface area contributed by atoms with E-state index in [9.17, 15) is 20.1 Å². The van der Waals surface area contributed by atoms with E-state index in [1.165, 1.54) is 0 Å². The Hall–Kier alpha value is -1.86. The summed E-state index contributed by atoms with van der Waals surface area (Å²) in [5.41, 5.74) is 0. The van der Waals surface area contributed by atoms with Gasteiger partial charge in [-0.2, -0.15) is 0 Å². The van der Waals surface area contributed by atoms with Gasteiger partial charge in [-0.05, 0) is 43.4 Å². The van der Waals surface area contributed by atoms with Crippen molar-refractivity contribution in [2.24, 2.45) is 11.8 Å². The molecule has 4 N–H and O–H groups in total. The molecule has 0 unspecified atom stereocenters. The Labute approximate surface area is 176 Å². The molecule has 1 aliphatic rings. The van der Waals surface area contributed by atoms with Crippen molar-refractivity contribution in [3.05, 3.63) is 53.6 Å². The highest BCUT2D eigenvalue weighted by atomic mass is 35.5. The van der Waals surface area contributed by atoms with Gasteiger partial charge in [0.05, 0.1) is 12.2 Å². The third-order valence-electron chi connectivity index (χ3n) is 5.02. The van der Waals surface area contributed by atoms with Gasteiger partial charge in [0, 0.05) is 23.8 Å². The summed E-state index contributed by atoms with van der Waals surface area (Å²) >= 11 is 5.90. The lowest BCUT2D eigenvalue weighted by Gasteiger charge is -2.19. The molecule has 0 aromatic heterocycles. The number of carboxylic acid groups (broad SMARTS) is 1. The Balaban J connectivity index is 1.83. The number of allylic oxidation sites excluding steroid dienone is 2. The summed E-state index contributed by atoms with van der Waals surface area (Å²) in [5.74, 6) is -0.671. The predicted molar refractivity (Wildman–Crippen MR) is 111 cm³/mol. The third kappa shape index (κ3) is 8.19. The molecule has 0 heterocycles. The maximum Gasteiger partial charge on any atom is 0.303 e. The first-order valence-corrected chi connectivity index (χ1v) is 10.2. The summed E-state index contributed by atoms with van der Waals surface area (Å²) in [6.45, 7) is 0.0519. The number of benzene rings is 1. The lowest BCUT2D eigenvalue weighted by atomic mass is 9.89. The third-order valence-corrected chi connectivity index (χ3v) is 5.26. The smallest absolute Gasteiger partial charge is 0.303 e. The van der Waals surface area contributed by atoms with Crippen LogP contribution in [0.3, 0.4) is 0 Å². The van der Waals surface area contributed by atoms with E-state index in [0.29, 0.717) is 36.5 Å². The fourth-order valence-corrected chi connectivity index (χ4v) is 3.68. The van der Waals surface area contributed by atoms with Crippen LogP contribution in [0.15, 0.2) is 48.6 Å². The minimum absolute atomic E-state index is 0.0519. The van der Waals surface area contributed by atoms with Crippen LogP contribution in [0.25, 0.3) is 0 Å². The van der Waals surface area contributed by atoms with Gasteiger partial charge in [-0.15, -0.1) is 0 Å². The number of aliphatic carboxylic acids is 1. The molecule has 6 nitrogen and oxygen atoms in total. The highest BCUT2D eigenvalue weighted by Gasteiger charge is 2.39. The number of hydrogen-bond donors (Lipinski definition) is 4. The van der Waals surface area contributed by atoms with Crippen molar-refractivity contribution >= 4 is 17.6 Å². The Morgan fingerprint density at radius 1 is 1.28 bits per heavy atom. The second-order valence-corrected chi connectivity index (χ2v) is 7.76. The van der Waals surface area contributed by atoms with Gasteiger partial charge < -0.3 is 25.2 Å². The molecule has 7 heteroatoms. The summed E-state index contributed by atoms with van der Waals surface area (Å²) in [6, 6.07) is 6.90. The molecule has 0 bridgehead atoms. The quantitative estimate of drug-likeness (QED) is 0.321. The van der Waals surface area contributed by atoms with Crippen molar-refractivity contribution in [1.29, 1.82) is 0 Å². The Kier molecular flexibility index (Phi) is 9.67. The van der Waals surface area contributed by atoms with E-state index in [1.807, 2.05) is 12.2 Å². The Morgan fingerprint density at radius 2 is 2.07 bits per heavy atom. The van der Waals surface area contributed by atoms with Gasteiger partial charge in [-0.3, -0.25) is 4.79 Å². The molecule has 0 radical (unpaired) electrons. The van der Waals surface area contributed by atoms with Crippen molar-refractivity contribution in [1.82, 2.24) is 0 Å². The van der Waals surface area contributed by atoms with Gasteiger partial charge in [-0.1, -0.05) is 42.0 Å². The number of carbonyl (C=O) groups is 1. The van der Waals surface area contributed by atoms with E-state index in [2.05, 4.69) is 0 Å². The van der Waals surface area contributed by atoms with E-state index in [4.69, 9.17) is 21.4 Å². The first-order chi connectivity index (χ1) is 13.9. The van der Waals surface area contributed by atoms with Gasteiger partial charge in [0.25, 0.3) is 0 Å². The van der Waals surface area contributed by atoms with Gasteiger partial charge in [0.2, 0.25) is 0 Å². The van der Waals surface area contributed by atoms with Crippen LogP contribution < -0.4 is 4.74 Å². The lowest BCUT2D eigenvalue weighted by molar-refractivity contribution is -0.137. The molecule has 1 aliphatic carbocycles. The largest absolute Gasteiger partial charge is 0.491 e. The zero-order chi connectivity index (χ0) is 21.2. The molecular formula is C22H29ClO6. The standard InChI is InChI=1S/C22H29ClO6/c23-15-6-5-7-17(12-15)29-14-16(24)10-11-19-18(20(25)13-21(19)26)8-3-1-2-4-9-22(27)28/h1,3,5-7,10-12,16,18-21,24-26H,2,4,8-9,13-14H2,(H,27,28)/b3-1?,11-10+/t16-,18-,19-,20+,21-/m1/s1. The van der Waals surface area contributed by atoms with Crippen LogP contribution in [0.1, 0.15) is 32.1 Å². The first-order valence-electron chi connectivity index (χ1n) is 9.84. The topological polar surface area (TPSA) is 107 Å². The number of halogens is 1. The fourth-order valence-electron chi connectivity index (χ4n) is 3.50. The fraction of sp³-hybridized carbons (Fsp3) is 0.500. The van der Waals surface area contributed by atoms with Crippen molar-refractivity contribution in [3.8, 4) is 5.75 Å². The molecule has 0 aliphatic heterocycles. The van der Waals surface area contributed by atoms with Crippen molar-refractivity contribution in [2.45, 2.75) is 50.4 Å². The van der Waals surface area contributed by atoms with Crippen LogP contribution in [0.5, 0.6) is 5.75 Å². The number of aliphatic hydroxyl groups is 3. The summed E-state index contributed by atoms with van der Waals surface area (Å²) in [4.78, 5) is 10.5. The number of hydrogen-bond acceptors (Lipinski definition) is 5. The van der Waals surface area contributed by atoms with Crippen LogP contribution in [0.2, 0.25) is 5.02 Å².